The molecule has 0 saturated carbocycles. The molecule has 0 radical (unpaired) electrons. The lowest BCUT2D eigenvalue weighted by atomic mass is 10.1. The first kappa shape index (κ1) is 11.3. The summed E-state index contributed by atoms with van der Waals surface area (Å²) in [5.74, 6) is 5.18. The number of hydrogen-bond acceptors (Lipinski definition) is 1. The molecule has 0 heterocycles. The van der Waals surface area contributed by atoms with E-state index in [2.05, 4.69) is 18.8 Å². The number of aryl methyl sites for hydroxylation is 1. The highest BCUT2D eigenvalue weighted by Crippen LogP contribution is 2.10. The molecule has 0 aliphatic carbocycles. The van der Waals surface area contributed by atoms with Gasteiger partial charge in [-0.15, -0.1) is 0 Å². The van der Waals surface area contributed by atoms with Crippen LogP contribution in [0.5, 0.6) is 0 Å². The van der Waals surface area contributed by atoms with Gasteiger partial charge in [0.25, 0.3) is 0 Å². The second kappa shape index (κ2) is 5.21. The number of carboxylic acid groups (broad SMARTS) is 1. The van der Waals surface area contributed by atoms with E-state index in [0.717, 1.165) is 24.0 Å². The third kappa shape index (κ3) is 3.14. The first-order chi connectivity index (χ1) is 7.15. The summed E-state index contributed by atoms with van der Waals surface area (Å²) < 4.78 is 0. The minimum absolute atomic E-state index is 0.313. The van der Waals surface area contributed by atoms with Gasteiger partial charge >= 0.3 is 5.97 Å². The lowest BCUT2D eigenvalue weighted by Gasteiger charge is -1.99. The van der Waals surface area contributed by atoms with Gasteiger partial charge in [0, 0.05) is 12.0 Å². The van der Waals surface area contributed by atoms with E-state index in [9.17, 15) is 4.79 Å². The van der Waals surface area contributed by atoms with Crippen LogP contribution < -0.4 is 0 Å². The zero-order chi connectivity index (χ0) is 11.3. The molecular weight excluding hydrogens is 188 g/mol. The molecule has 0 aromatic heterocycles. The van der Waals surface area contributed by atoms with E-state index < -0.39 is 5.97 Å². The first-order valence-corrected chi connectivity index (χ1v) is 4.98. The fourth-order valence-corrected chi connectivity index (χ4v) is 1.22. The predicted octanol–water partition coefficient (Wildman–Crippen LogP) is 2.84. The van der Waals surface area contributed by atoms with Crippen molar-refractivity contribution in [1.82, 2.24) is 0 Å². The third-order valence-electron chi connectivity index (χ3n) is 2.07. The molecule has 0 saturated heterocycles. The van der Waals surface area contributed by atoms with Crippen molar-refractivity contribution in [1.29, 1.82) is 0 Å². The van der Waals surface area contributed by atoms with Crippen molar-refractivity contribution in [2.45, 2.75) is 26.7 Å². The molecule has 15 heavy (non-hydrogen) atoms. The van der Waals surface area contributed by atoms with E-state index in [4.69, 9.17) is 5.11 Å². The maximum absolute atomic E-state index is 10.7. The fraction of sp³-hybridized carbons (Fsp3) is 0.308. The molecule has 0 aliphatic heterocycles. The maximum Gasteiger partial charge on any atom is 0.335 e. The number of rotatable bonds is 2. The molecule has 1 rings (SSSR count). The number of carboxylic acids is 1. The summed E-state index contributed by atoms with van der Waals surface area (Å²) in [7, 11) is 0. The number of unbranched alkanes of at least 4 members (excludes halogenated alkanes) is 1. The molecule has 1 aromatic carbocycles. The molecule has 1 aromatic rings. The fourth-order valence-electron chi connectivity index (χ4n) is 1.22. The Kier molecular flexibility index (Phi) is 3.93. The Labute approximate surface area is 89.9 Å². The summed E-state index contributed by atoms with van der Waals surface area (Å²) >= 11 is 0. The Balaban J connectivity index is 2.95. The largest absolute Gasteiger partial charge is 0.478 e. The number of benzene rings is 1. The Bertz CT molecular complexity index is 422. The van der Waals surface area contributed by atoms with Crippen LogP contribution >= 0.6 is 0 Å². The molecule has 0 fully saturated rings. The van der Waals surface area contributed by atoms with E-state index in [-0.39, 0.29) is 0 Å². The van der Waals surface area contributed by atoms with Crippen LogP contribution in [-0.2, 0) is 0 Å². The Morgan fingerprint density at radius 1 is 1.47 bits per heavy atom. The van der Waals surface area contributed by atoms with Crippen molar-refractivity contribution < 1.29 is 9.90 Å². The van der Waals surface area contributed by atoms with Crippen molar-refractivity contribution >= 4 is 5.97 Å². The lowest BCUT2D eigenvalue weighted by molar-refractivity contribution is 0.0697. The van der Waals surface area contributed by atoms with Gasteiger partial charge in [-0.2, -0.15) is 0 Å². The molecule has 0 bridgehead atoms. The molecular formula is C13H14O2. The van der Waals surface area contributed by atoms with Gasteiger partial charge < -0.3 is 5.11 Å². The van der Waals surface area contributed by atoms with Crippen LogP contribution in [0.1, 0.15) is 41.3 Å². The van der Waals surface area contributed by atoms with Gasteiger partial charge in [-0.3, -0.25) is 0 Å². The summed E-state index contributed by atoms with van der Waals surface area (Å²) in [6, 6.07) is 5.00. The van der Waals surface area contributed by atoms with Gasteiger partial charge in [-0.1, -0.05) is 18.8 Å². The Hall–Kier alpha value is -1.75. The first-order valence-electron chi connectivity index (χ1n) is 4.98. The van der Waals surface area contributed by atoms with Crippen LogP contribution in [0.25, 0.3) is 0 Å². The summed E-state index contributed by atoms with van der Waals surface area (Å²) in [6.07, 6.45) is 1.92. The predicted molar refractivity (Wildman–Crippen MR) is 59.9 cm³/mol. The molecule has 2 nitrogen and oxygen atoms in total. The van der Waals surface area contributed by atoms with Crippen LogP contribution in [0.3, 0.4) is 0 Å². The van der Waals surface area contributed by atoms with Crippen molar-refractivity contribution in [3.63, 3.8) is 0 Å². The molecule has 0 amide bonds. The quantitative estimate of drug-likeness (QED) is 0.749. The highest BCUT2D eigenvalue weighted by atomic mass is 16.4. The van der Waals surface area contributed by atoms with Gasteiger partial charge in [0.05, 0.1) is 5.56 Å². The van der Waals surface area contributed by atoms with Crippen LogP contribution in [-0.4, -0.2) is 11.1 Å². The topological polar surface area (TPSA) is 37.3 Å². The van der Waals surface area contributed by atoms with E-state index in [1.165, 1.54) is 0 Å². The van der Waals surface area contributed by atoms with Gasteiger partial charge in [0.2, 0.25) is 0 Å². The minimum Gasteiger partial charge on any atom is -0.478 e. The van der Waals surface area contributed by atoms with Crippen LogP contribution in [0.4, 0.5) is 0 Å². The zero-order valence-corrected chi connectivity index (χ0v) is 9.00. The standard InChI is InChI=1S/C13H14O2/c1-3-4-5-6-11-7-8-12(13(14)15)9-10(11)2/h7-9H,3-4H2,1-2H3,(H,14,15). The van der Waals surface area contributed by atoms with Crippen molar-refractivity contribution in [2.24, 2.45) is 0 Å². The minimum atomic E-state index is -0.897. The van der Waals surface area contributed by atoms with Crippen LogP contribution in [0, 0.1) is 18.8 Å². The van der Waals surface area contributed by atoms with E-state index in [1.54, 1.807) is 18.2 Å². The Morgan fingerprint density at radius 3 is 2.73 bits per heavy atom. The smallest absolute Gasteiger partial charge is 0.335 e. The third-order valence-corrected chi connectivity index (χ3v) is 2.07. The van der Waals surface area contributed by atoms with Gasteiger partial charge in [-0.25, -0.2) is 4.79 Å². The lowest BCUT2D eigenvalue weighted by Crippen LogP contribution is -1.97. The van der Waals surface area contributed by atoms with Gasteiger partial charge in [-0.05, 0) is 37.1 Å². The summed E-state index contributed by atoms with van der Waals surface area (Å²) in [4.78, 5) is 10.7. The molecule has 0 atom stereocenters. The van der Waals surface area contributed by atoms with Crippen molar-refractivity contribution in [2.75, 3.05) is 0 Å². The molecule has 0 aliphatic rings. The summed E-state index contributed by atoms with van der Waals surface area (Å²) in [6.45, 7) is 3.96. The number of aromatic carboxylic acids is 1. The van der Waals surface area contributed by atoms with E-state index >= 15 is 0 Å². The molecule has 0 unspecified atom stereocenters. The highest BCUT2D eigenvalue weighted by molar-refractivity contribution is 5.88. The zero-order valence-electron chi connectivity index (χ0n) is 9.00. The van der Waals surface area contributed by atoms with Crippen LogP contribution in [0.15, 0.2) is 18.2 Å². The average molecular weight is 202 g/mol. The molecule has 0 spiro atoms. The molecule has 78 valence electrons. The number of carbonyl (C=O) groups is 1. The average Bonchev–Trinajstić information content (AvgIpc) is 2.20. The second-order valence-corrected chi connectivity index (χ2v) is 3.39. The maximum atomic E-state index is 10.7. The highest BCUT2D eigenvalue weighted by Gasteiger charge is 2.03. The van der Waals surface area contributed by atoms with E-state index in [0.29, 0.717) is 5.56 Å². The normalized spacial score (nSPS) is 9.20. The van der Waals surface area contributed by atoms with Gasteiger partial charge in [0.1, 0.15) is 0 Å². The summed E-state index contributed by atoms with van der Waals surface area (Å²) in [5, 5.41) is 8.78. The second-order valence-electron chi connectivity index (χ2n) is 3.39. The van der Waals surface area contributed by atoms with Crippen molar-refractivity contribution in [3.05, 3.63) is 34.9 Å². The monoisotopic (exact) mass is 202 g/mol. The molecule has 2 heteroatoms. The number of hydrogen-bond donors (Lipinski definition) is 1. The molecule has 1 N–H and O–H groups in total. The van der Waals surface area contributed by atoms with E-state index in [1.807, 2.05) is 6.92 Å². The van der Waals surface area contributed by atoms with Gasteiger partial charge in [0.15, 0.2) is 0 Å². The Morgan fingerprint density at radius 2 is 2.20 bits per heavy atom. The SMILES string of the molecule is CCCC#Cc1ccc(C(=O)O)cc1C. The van der Waals surface area contributed by atoms with Crippen LogP contribution in [0.2, 0.25) is 0 Å². The summed E-state index contributed by atoms with van der Waals surface area (Å²) in [5.41, 5.74) is 2.14. The van der Waals surface area contributed by atoms with Crippen molar-refractivity contribution in [3.8, 4) is 11.8 Å².